The molecule has 2 amide bonds. The highest BCUT2D eigenvalue weighted by Crippen LogP contribution is 2.38. The van der Waals surface area contributed by atoms with Crippen molar-refractivity contribution in [3.8, 4) is 5.75 Å². The number of ether oxygens (including phenoxy) is 3. The van der Waals surface area contributed by atoms with Crippen LogP contribution in [0.15, 0.2) is 42.5 Å². The van der Waals surface area contributed by atoms with E-state index in [9.17, 15) is 19.7 Å². The predicted molar refractivity (Wildman–Crippen MR) is 186 cm³/mol. The molecule has 2 rings (SSSR count). The molecule has 0 heterocycles. The molecule has 13 heteroatoms. The average molecular weight is 692 g/mol. The van der Waals surface area contributed by atoms with E-state index in [1.54, 1.807) is 41.9 Å². The van der Waals surface area contributed by atoms with Gasteiger partial charge in [0.05, 0.1) is 43.0 Å². The third-order valence-electron chi connectivity index (χ3n) is 8.52. The maximum Gasteiger partial charge on any atom is 0.410 e. The van der Waals surface area contributed by atoms with E-state index in [0.717, 1.165) is 11.6 Å². The third-order valence-corrected chi connectivity index (χ3v) is 13.0. The molecule has 0 saturated carbocycles. The molecule has 0 saturated heterocycles. The quantitative estimate of drug-likeness (QED) is 0.106. The summed E-state index contributed by atoms with van der Waals surface area (Å²) in [5, 5.41) is 11.3. The van der Waals surface area contributed by atoms with Crippen molar-refractivity contribution in [1.82, 2.24) is 9.80 Å². The summed E-state index contributed by atoms with van der Waals surface area (Å²) in [6, 6.07) is 10.4. The minimum Gasteiger partial charge on any atom is -0.497 e. The number of halogens is 1. The summed E-state index contributed by atoms with van der Waals surface area (Å²) in [6.07, 6.45) is -1.04. The Kier molecular flexibility index (Phi) is 14.1. The number of hydrogen-bond acceptors (Lipinski definition) is 8. The fourth-order valence-electron chi connectivity index (χ4n) is 4.60. The Bertz CT molecular complexity index is 1390. The van der Waals surface area contributed by atoms with Gasteiger partial charge in [0.15, 0.2) is 8.32 Å². The summed E-state index contributed by atoms with van der Waals surface area (Å²) in [6.45, 7) is 20.3. The van der Waals surface area contributed by atoms with Gasteiger partial charge in [-0.1, -0.05) is 45.9 Å². The van der Waals surface area contributed by atoms with Crippen molar-refractivity contribution in [2.24, 2.45) is 5.92 Å². The molecule has 0 radical (unpaired) electrons. The molecule has 2 aromatic carbocycles. The summed E-state index contributed by atoms with van der Waals surface area (Å²) in [5.74, 6) is -1.56. The van der Waals surface area contributed by atoms with Gasteiger partial charge >= 0.3 is 11.8 Å². The van der Waals surface area contributed by atoms with Gasteiger partial charge in [0.25, 0.3) is 5.91 Å². The average Bonchev–Trinajstić information content (AvgIpc) is 2.97. The molecule has 3 atom stereocenters. The van der Waals surface area contributed by atoms with Crippen LogP contribution >= 0.6 is 0 Å². The molecule has 0 aliphatic heterocycles. The van der Waals surface area contributed by atoms with Crippen LogP contribution in [-0.4, -0.2) is 86.6 Å². The van der Waals surface area contributed by atoms with Crippen molar-refractivity contribution >= 4 is 26.0 Å². The van der Waals surface area contributed by atoms with Crippen LogP contribution in [-0.2, 0) is 20.5 Å². The zero-order valence-corrected chi connectivity index (χ0v) is 31.6. The van der Waals surface area contributed by atoms with Crippen molar-refractivity contribution < 1.29 is 37.5 Å². The molecule has 0 aromatic heterocycles. The molecule has 48 heavy (non-hydrogen) atoms. The standard InChI is InChI=1S/C35H54FN3O8Si/c1-24(30(47-48(11,12)35(6,7)8)21-37(9)33(41)46-34(3,4)5)20-38(32(40)28-14-13-15-29(31(28)36)39(42)43)25(2)22-45-23-26-16-18-27(44-10)19-17-26/h13-19,24-25,30H,20-23H2,1-12H3/t24-,25+,30-/m1/s1. The predicted octanol–water partition coefficient (Wildman–Crippen LogP) is 7.68. The van der Waals surface area contributed by atoms with Crippen LogP contribution in [0.3, 0.4) is 0 Å². The van der Waals surface area contributed by atoms with E-state index >= 15 is 4.39 Å². The summed E-state index contributed by atoms with van der Waals surface area (Å²) in [5.41, 5.74) is -0.993. The molecule has 0 aliphatic carbocycles. The molecular weight excluding hydrogens is 637 g/mol. The lowest BCUT2D eigenvalue weighted by atomic mass is 10.0. The maximum atomic E-state index is 15.4. The topological polar surface area (TPSA) is 121 Å². The maximum absolute atomic E-state index is 15.4. The number of rotatable bonds is 15. The molecular formula is C35H54FN3O8Si. The van der Waals surface area contributed by atoms with Gasteiger partial charge in [0, 0.05) is 32.1 Å². The monoisotopic (exact) mass is 691 g/mol. The Hall–Kier alpha value is -3.55. The first kappa shape index (κ1) is 40.6. The van der Waals surface area contributed by atoms with Gasteiger partial charge in [0.2, 0.25) is 5.82 Å². The Morgan fingerprint density at radius 1 is 1.00 bits per heavy atom. The number of methoxy groups -OCH3 is 1. The van der Waals surface area contributed by atoms with Crippen molar-refractivity contribution in [2.45, 2.75) is 97.9 Å². The molecule has 0 aliphatic rings. The van der Waals surface area contributed by atoms with Gasteiger partial charge in [0.1, 0.15) is 11.4 Å². The largest absolute Gasteiger partial charge is 0.497 e. The van der Waals surface area contributed by atoms with Crippen molar-refractivity contribution in [3.63, 3.8) is 0 Å². The number of benzene rings is 2. The van der Waals surface area contributed by atoms with Crippen LogP contribution in [0.2, 0.25) is 18.1 Å². The Morgan fingerprint density at radius 2 is 1.60 bits per heavy atom. The van der Waals surface area contributed by atoms with Gasteiger partial charge in [-0.05, 0) is 69.6 Å². The van der Waals surface area contributed by atoms with Crippen LogP contribution in [0, 0.1) is 21.8 Å². The van der Waals surface area contributed by atoms with Gasteiger partial charge in [-0.2, -0.15) is 4.39 Å². The first-order valence-corrected chi connectivity index (χ1v) is 19.0. The van der Waals surface area contributed by atoms with Gasteiger partial charge < -0.3 is 28.4 Å². The Balaban J connectivity index is 2.45. The summed E-state index contributed by atoms with van der Waals surface area (Å²) in [7, 11) is 0.830. The number of likely N-dealkylation sites (N-methyl/N-ethyl adjacent to an activating group) is 1. The smallest absolute Gasteiger partial charge is 0.410 e. The zero-order valence-electron chi connectivity index (χ0n) is 30.6. The number of carbonyl (C=O) groups is 2. The van der Waals surface area contributed by atoms with Crippen LogP contribution in [0.1, 0.15) is 71.3 Å². The van der Waals surface area contributed by atoms with Crippen molar-refractivity contribution in [1.29, 1.82) is 0 Å². The van der Waals surface area contributed by atoms with Crippen LogP contribution in [0.5, 0.6) is 5.75 Å². The zero-order chi connectivity index (χ0) is 36.6. The molecule has 0 unspecified atom stereocenters. The number of hydrogen-bond donors (Lipinski definition) is 0. The number of nitro groups is 1. The normalized spacial score (nSPS) is 14.1. The van der Waals surface area contributed by atoms with E-state index in [4.69, 9.17) is 18.6 Å². The number of nitrogens with zero attached hydrogens (tertiary/aromatic N) is 3. The van der Waals surface area contributed by atoms with Crippen molar-refractivity contribution in [2.75, 3.05) is 33.9 Å². The highest BCUT2D eigenvalue weighted by Gasteiger charge is 2.42. The molecule has 0 fully saturated rings. The SMILES string of the molecule is COc1ccc(COC[C@H](C)N(C[C@@H](C)[C@@H](CN(C)C(=O)OC(C)(C)C)O[Si](C)(C)C(C)(C)C)C(=O)c2cccc([N+](=O)[O-])c2F)cc1. The lowest BCUT2D eigenvalue weighted by Crippen LogP contribution is -2.52. The molecule has 268 valence electrons. The van der Waals surface area contributed by atoms with Gasteiger partial charge in [-0.25, -0.2) is 4.79 Å². The first-order chi connectivity index (χ1) is 22.1. The molecule has 0 spiro atoms. The van der Waals surface area contributed by atoms with E-state index in [-0.39, 0.29) is 37.3 Å². The lowest BCUT2D eigenvalue weighted by Gasteiger charge is -2.43. The van der Waals surface area contributed by atoms with Crippen LogP contribution in [0.4, 0.5) is 14.9 Å². The molecule has 0 N–H and O–H groups in total. The molecule has 11 nitrogen and oxygen atoms in total. The fourth-order valence-corrected chi connectivity index (χ4v) is 6.02. The molecule has 2 aromatic rings. The fraction of sp³-hybridized carbons (Fsp3) is 0.600. The van der Waals surface area contributed by atoms with Gasteiger partial charge in [-0.3, -0.25) is 14.9 Å². The Morgan fingerprint density at radius 3 is 2.12 bits per heavy atom. The van der Waals surface area contributed by atoms with Crippen LogP contribution < -0.4 is 4.74 Å². The van der Waals surface area contributed by atoms with E-state index in [0.29, 0.717) is 5.75 Å². The second kappa shape index (κ2) is 16.7. The number of carbonyl (C=O) groups excluding carboxylic acids is 2. The number of amides is 2. The summed E-state index contributed by atoms with van der Waals surface area (Å²) < 4.78 is 39.0. The highest BCUT2D eigenvalue weighted by atomic mass is 28.4. The van der Waals surface area contributed by atoms with Gasteiger partial charge in [-0.15, -0.1) is 0 Å². The van der Waals surface area contributed by atoms with E-state index in [1.165, 1.54) is 21.9 Å². The highest BCUT2D eigenvalue weighted by molar-refractivity contribution is 6.74. The Labute approximate surface area is 286 Å². The van der Waals surface area contributed by atoms with Crippen molar-refractivity contribution in [3.05, 3.63) is 69.5 Å². The second-order valence-corrected chi connectivity index (χ2v) is 19.6. The summed E-state index contributed by atoms with van der Waals surface area (Å²) in [4.78, 5) is 40.6. The van der Waals surface area contributed by atoms with Crippen LogP contribution in [0.25, 0.3) is 0 Å². The first-order valence-electron chi connectivity index (χ1n) is 16.1. The lowest BCUT2D eigenvalue weighted by molar-refractivity contribution is -0.387. The summed E-state index contributed by atoms with van der Waals surface area (Å²) >= 11 is 0. The van der Waals surface area contributed by atoms with E-state index in [2.05, 4.69) is 33.9 Å². The van der Waals surface area contributed by atoms with E-state index in [1.807, 2.05) is 31.2 Å². The minimum absolute atomic E-state index is 0.0927. The molecule has 0 bridgehead atoms. The minimum atomic E-state index is -2.39. The third kappa shape index (κ3) is 11.6. The second-order valence-electron chi connectivity index (χ2n) is 14.8. The van der Waals surface area contributed by atoms with E-state index < -0.39 is 60.1 Å². The number of nitro benzene ring substituents is 1.